The third-order valence-corrected chi connectivity index (χ3v) is 4.12. The van der Waals surface area contributed by atoms with Crippen molar-refractivity contribution in [1.29, 1.82) is 5.26 Å². The topological polar surface area (TPSA) is 61.0 Å². The number of aromatic nitrogens is 3. The summed E-state index contributed by atoms with van der Waals surface area (Å²) in [7, 11) is 1.89. The lowest BCUT2D eigenvalue weighted by Gasteiger charge is -2.37. The maximum absolute atomic E-state index is 13.7. The molecule has 2 heterocycles. The normalized spacial score (nSPS) is 15.0. The summed E-state index contributed by atoms with van der Waals surface area (Å²) >= 11 is 6.06. The van der Waals surface area contributed by atoms with E-state index in [0.717, 1.165) is 5.95 Å². The zero-order valence-electron chi connectivity index (χ0n) is 12.0. The molecular weight excluding hydrogens is 307 g/mol. The van der Waals surface area contributed by atoms with Crippen LogP contribution in [0.2, 0.25) is 5.02 Å². The SMILES string of the molecule is Cn1cnnc1N1CCN(c2c(C#N)ccc(F)c2Cl)CC1. The number of halogens is 2. The predicted molar refractivity (Wildman–Crippen MR) is 81.6 cm³/mol. The average molecular weight is 321 g/mol. The van der Waals surface area contributed by atoms with Crippen LogP contribution in [0.4, 0.5) is 16.0 Å². The van der Waals surface area contributed by atoms with Crippen molar-refractivity contribution in [2.75, 3.05) is 36.0 Å². The zero-order valence-corrected chi connectivity index (χ0v) is 12.8. The number of rotatable bonds is 2. The van der Waals surface area contributed by atoms with Crippen molar-refractivity contribution >= 4 is 23.2 Å². The molecule has 0 saturated carbocycles. The van der Waals surface area contributed by atoms with E-state index >= 15 is 0 Å². The van der Waals surface area contributed by atoms with E-state index in [9.17, 15) is 9.65 Å². The molecule has 1 aromatic carbocycles. The first-order chi connectivity index (χ1) is 10.6. The van der Waals surface area contributed by atoms with Crippen molar-refractivity contribution in [2.45, 2.75) is 0 Å². The second-order valence-electron chi connectivity index (χ2n) is 5.09. The van der Waals surface area contributed by atoms with Gasteiger partial charge in [-0.05, 0) is 12.1 Å². The van der Waals surface area contributed by atoms with E-state index in [1.165, 1.54) is 12.1 Å². The molecule has 0 N–H and O–H groups in total. The number of anilines is 2. The van der Waals surface area contributed by atoms with Gasteiger partial charge in [0, 0.05) is 33.2 Å². The smallest absolute Gasteiger partial charge is 0.226 e. The Morgan fingerprint density at radius 3 is 2.50 bits per heavy atom. The molecule has 3 rings (SSSR count). The Kier molecular flexibility index (Phi) is 3.86. The highest BCUT2D eigenvalue weighted by atomic mass is 35.5. The fourth-order valence-corrected chi connectivity index (χ4v) is 2.92. The molecule has 22 heavy (non-hydrogen) atoms. The second kappa shape index (κ2) is 5.81. The van der Waals surface area contributed by atoms with Gasteiger partial charge >= 0.3 is 0 Å². The minimum absolute atomic E-state index is 0.00570. The molecule has 1 fully saturated rings. The van der Waals surface area contributed by atoms with Crippen LogP contribution in [0.1, 0.15) is 5.56 Å². The van der Waals surface area contributed by atoms with Crippen LogP contribution in [0, 0.1) is 17.1 Å². The Bertz CT molecular complexity index is 729. The number of aryl methyl sites for hydroxylation is 1. The van der Waals surface area contributed by atoms with Crippen LogP contribution < -0.4 is 9.80 Å². The molecule has 0 spiro atoms. The quantitative estimate of drug-likeness (QED) is 0.844. The van der Waals surface area contributed by atoms with E-state index in [-0.39, 0.29) is 5.02 Å². The van der Waals surface area contributed by atoms with E-state index in [1.54, 1.807) is 6.33 Å². The van der Waals surface area contributed by atoms with Crippen molar-refractivity contribution in [2.24, 2.45) is 7.05 Å². The third kappa shape index (κ3) is 2.46. The number of piperazine rings is 1. The summed E-state index contributed by atoms with van der Waals surface area (Å²) in [4.78, 5) is 4.04. The summed E-state index contributed by atoms with van der Waals surface area (Å²) in [5.41, 5.74) is 0.861. The average Bonchev–Trinajstić information content (AvgIpc) is 2.96. The van der Waals surface area contributed by atoms with Crippen LogP contribution in [0.15, 0.2) is 18.5 Å². The van der Waals surface area contributed by atoms with E-state index in [1.807, 2.05) is 16.5 Å². The molecule has 114 valence electrons. The van der Waals surface area contributed by atoms with Crippen LogP contribution in [-0.4, -0.2) is 40.9 Å². The molecule has 0 radical (unpaired) electrons. The minimum Gasteiger partial charge on any atom is -0.366 e. The lowest BCUT2D eigenvalue weighted by Crippen LogP contribution is -2.47. The predicted octanol–water partition coefficient (Wildman–Crippen LogP) is 1.81. The molecule has 1 saturated heterocycles. The van der Waals surface area contributed by atoms with Gasteiger partial charge in [-0.2, -0.15) is 5.26 Å². The molecule has 2 aromatic rings. The maximum Gasteiger partial charge on any atom is 0.226 e. The maximum atomic E-state index is 13.7. The van der Waals surface area contributed by atoms with Crippen LogP contribution >= 0.6 is 11.6 Å². The van der Waals surface area contributed by atoms with Gasteiger partial charge in [-0.3, -0.25) is 0 Å². The van der Waals surface area contributed by atoms with Gasteiger partial charge in [0.1, 0.15) is 23.2 Å². The number of benzene rings is 1. The highest BCUT2D eigenvalue weighted by molar-refractivity contribution is 6.33. The number of hydrogen-bond donors (Lipinski definition) is 0. The lowest BCUT2D eigenvalue weighted by atomic mass is 10.1. The Morgan fingerprint density at radius 1 is 1.23 bits per heavy atom. The fourth-order valence-electron chi connectivity index (χ4n) is 2.63. The number of nitriles is 1. The van der Waals surface area contributed by atoms with Crippen molar-refractivity contribution in [1.82, 2.24) is 14.8 Å². The van der Waals surface area contributed by atoms with Crippen LogP contribution in [0.3, 0.4) is 0 Å². The molecule has 8 heteroatoms. The van der Waals surface area contributed by atoms with E-state index in [4.69, 9.17) is 11.6 Å². The van der Waals surface area contributed by atoms with Crippen molar-refractivity contribution in [3.63, 3.8) is 0 Å². The van der Waals surface area contributed by atoms with Gasteiger partial charge in [0.15, 0.2) is 0 Å². The first kappa shape index (κ1) is 14.6. The van der Waals surface area contributed by atoms with Crippen molar-refractivity contribution in [3.8, 4) is 6.07 Å². The van der Waals surface area contributed by atoms with Gasteiger partial charge in [0.05, 0.1) is 11.3 Å². The first-order valence-corrected chi connectivity index (χ1v) is 7.21. The summed E-state index contributed by atoms with van der Waals surface area (Å²) in [6.07, 6.45) is 1.65. The molecule has 6 nitrogen and oxygen atoms in total. The van der Waals surface area contributed by atoms with Crippen LogP contribution in [-0.2, 0) is 7.05 Å². The molecule has 1 aliphatic rings. The van der Waals surface area contributed by atoms with E-state index in [2.05, 4.69) is 21.2 Å². The first-order valence-electron chi connectivity index (χ1n) is 6.84. The summed E-state index contributed by atoms with van der Waals surface area (Å²) in [5.74, 6) is 0.289. The molecule has 0 amide bonds. The van der Waals surface area contributed by atoms with Crippen molar-refractivity contribution < 1.29 is 4.39 Å². The molecule has 0 unspecified atom stereocenters. The number of nitrogens with zero attached hydrogens (tertiary/aromatic N) is 6. The summed E-state index contributed by atoms with van der Waals surface area (Å²) < 4.78 is 15.6. The standard InChI is InChI=1S/C14H14ClFN6/c1-20-9-18-19-14(20)22-6-4-21(5-7-22)13-10(8-17)2-3-11(16)12(13)15/h2-3,9H,4-7H2,1H3. The number of hydrogen-bond acceptors (Lipinski definition) is 5. The van der Waals surface area contributed by atoms with Crippen LogP contribution in [0.25, 0.3) is 0 Å². The molecular formula is C14H14ClFN6. The third-order valence-electron chi connectivity index (χ3n) is 3.76. The van der Waals surface area contributed by atoms with Gasteiger partial charge < -0.3 is 14.4 Å². The van der Waals surface area contributed by atoms with Gasteiger partial charge in [-0.15, -0.1) is 10.2 Å². The van der Waals surface area contributed by atoms with Gasteiger partial charge in [-0.1, -0.05) is 11.6 Å². The van der Waals surface area contributed by atoms with Gasteiger partial charge in [0.25, 0.3) is 0 Å². The molecule has 1 aliphatic heterocycles. The molecule has 1 aromatic heterocycles. The Hall–Kier alpha value is -2.33. The monoisotopic (exact) mass is 320 g/mol. The fraction of sp³-hybridized carbons (Fsp3) is 0.357. The van der Waals surface area contributed by atoms with Crippen molar-refractivity contribution in [3.05, 3.63) is 34.9 Å². The zero-order chi connectivity index (χ0) is 15.7. The lowest BCUT2D eigenvalue weighted by molar-refractivity contribution is 0.614. The van der Waals surface area contributed by atoms with E-state index in [0.29, 0.717) is 37.4 Å². The molecule has 0 bridgehead atoms. The largest absolute Gasteiger partial charge is 0.366 e. The molecule has 0 aliphatic carbocycles. The van der Waals surface area contributed by atoms with Gasteiger partial charge in [0.2, 0.25) is 5.95 Å². The summed E-state index contributed by atoms with van der Waals surface area (Å²) in [6, 6.07) is 4.76. The summed E-state index contributed by atoms with van der Waals surface area (Å²) in [5, 5.41) is 17.2. The second-order valence-corrected chi connectivity index (χ2v) is 5.46. The van der Waals surface area contributed by atoms with E-state index < -0.39 is 5.82 Å². The van der Waals surface area contributed by atoms with Gasteiger partial charge in [-0.25, -0.2) is 4.39 Å². The highest BCUT2D eigenvalue weighted by Gasteiger charge is 2.24. The van der Waals surface area contributed by atoms with Crippen LogP contribution in [0.5, 0.6) is 0 Å². The Balaban J connectivity index is 1.82. The Labute approximate surface area is 132 Å². The molecule has 0 atom stereocenters. The Morgan fingerprint density at radius 2 is 1.91 bits per heavy atom. The highest BCUT2D eigenvalue weighted by Crippen LogP contribution is 2.33. The minimum atomic E-state index is -0.508. The summed E-state index contributed by atoms with van der Waals surface area (Å²) in [6.45, 7) is 2.66.